The number of ether oxygens (including phenoxy) is 2. The van der Waals surface area contributed by atoms with E-state index in [1.165, 1.54) is 0 Å². The molecule has 0 radical (unpaired) electrons. The molecule has 1 fully saturated rings. The number of amides is 1. The molecule has 138 valence electrons. The quantitative estimate of drug-likeness (QED) is 0.819. The largest absolute Gasteiger partial charge is 0.481 e. The van der Waals surface area contributed by atoms with Gasteiger partial charge in [0, 0.05) is 13.1 Å². The lowest BCUT2D eigenvalue weighted by Gasteiger charge is -2.34. The molecule has 6 heteroatoms. The summed E-state index contributed by atoms with van der Waals surface area (Å²) in [5.41, 5.74) is 1.07. The molecule has 6 nitrogen and oxygen atoms in total. The first kappa shape index (κ1) is 19.2. The summed E-state index contributed by atoms with van der Waals surface area (Å²) in [6, 6.07) is 7.76. The zero-order chi connectivity index (χ0) is 18.4. The molecule has 0 aromatic heterocycles. The normalized spacial score (nSPS) is 18.9. The fraction of sp³-hybridized carbons (Fsp3) is 0.579. The first-order valence-corrected chi connectivity index (χ1v) is 8.80. The summed E-state index contributed by atoms with van der Waals surface area (Å²) in [6.45, 7) is 7.18. The number of hydrogen-bond donors (Lipinski definition) is 1. The van der Waals surface area contributed by atoms with E-state index >= 15 is 0 Å². The summed E-state index contributed by atoms with van der Waals surface area (Å²) in [7, 11) is 0. The van der Waals surface area contributed by atoms with E-state index in [2.05, 4.69) is 13.8 Å². The molecule has 1 aliphatic heterocycles. The van der Waals surface area contributed by atoms with Gasteiger partial charge in [0.15, 0.2) is 6.10 Å². The van der Waals surface area contributed by atoms with Gasteiger partial charge in [-0.2, -0.15) is 0 Å². The third kappa shape index (κ3) is 5.19. The zero-order valence-electron chi connectivity index (χ0n) is 15.1. The van der Waals surface area contributed by atoms with Crippen LogP contribution in [0.5, 0.6) is 5.75 Å². The molecule has 25 heavy (non-hydrogen) atoms. The maximum absolute atomic E-state index is 12.8. The number of para-hydroxylation sites is 1. The van der Waals surface area contributed by atoms with Crippen LogP contribution in [0.4, 0.5) is 0 Å². The molecule has 1 aromatic carbocycles. The molecule has 2 rings (SSSR count). The Kier molecular flexibility index (Phi) is 6.82. The molecule has 1 saturated heterocycles. The van der Waals surface area contributed by atoms with Crippen molar-refractivity contribution in [2.24, 2.45) is 0 Å². The average molecular weight is 349 g/mol. The van der Waals surface area contributed by atoms with Crippen molar-refractivity contribution in [2.45, 2.75) is 51.7 Å². The second-order valence-electron chi connectivity index (χ2n) is 6.58. The fourth-order valence-corrected chi connectivity index (χ4v) is 2.97. The van der Waals surface area contributed by atoms with Crippen LogP contribution in [0.15, 0.2) is 24.3 Å². The van der Waals surface area contributed by atoms with Crippen LogP contribution in [0.3, 0.4) is 0 Å². The van der Waals surface area contributed by atoms with Crippen molar-refractivity contribution in [1.29, 1.82) is 0 Å². The number of carboxylic acid groups (broad SMARTS) is 1. The van der Waals surface area contributed by atoms with Crippen LogP contribution < -0.4 is 4.74 Å². The van der Waals surface area contributed by atoms with Gasteiger partial charge in [0.05, 0.1) is 19.1 Å². The Bertz CT molecular complexity index is 601. The van der Waals surface area contributed by atoms with Gasteiger partial charge in [-0.3, -0.25) is 9.59 Å². The van der Waals surface area contributed by atoms with E-state index in [1.807, 2.05) is 31.2 Å². The molecule has 2 atom stereocenters. The number of benzene rings is 1. The van der Waals surface area contributed by atoms with Gasteiger partial charge in [-0.15, -0.1) is 0 Å². The molecule has 1 amide bonds. The highest BCUT2D eigenvalue weighted by Gasteiger charge is 2.31. The number of rotatable bonds is 7. The molecule has 0 spiro atoms. The van der Waals surface area contributed by atoms with Gasteiger partial charge in [-0.25, -0.2) is 0 Å². The van der Waals surface area contributed by atoms with Crippen molar-refractivity contribution in [3.05, 3.63) is 29.8 Å². The number of morpholine rings is 1. The first-order chi connectivity index (χ1) is 11.9. The van der Waals surface area contributed by atoms with Gasteiger partial charge in [0.1, 0.15) is 5.75 Å². The highest BCUT2D eigenvalue weighted by Crippen LogP contribution is 2.27. The van der Waals surface area contributed by atoms with Gasteiger partial charge >= 0.3 is 5.97 Å². The number of nitrogens with zero attached hydrogens (tertiary/aromatic N) is 1. The lowest BCUT2D eigenvalue weighted by Crippen LogP contribution is -2.50. The van der Waals surface area contributed by atoms with Crippen LogP contribution in [0.1, 0.15) is 45.1 Å². The van der Waals surface area contributed by atoms with Crippen molar-refractivity contribution in [1.82, 2.24) is 4.90 Å². The predicted molar refractivity (Wildman–Crippen MR) is 93.8 cm³/mol. The fourth-order valence-electron chi connectivity index (χ4n) is 2.97. The summed E-state index contributed by atoms with van der Waals surface area (Å²) < 4.78 is 11.5. The van der Waals surface area contributed by atoms with Crippen LogP contribution in [0, 0.1) is 0 Å². The monoisotopic (exact) mass is 349 g/mol. The highest BCUT2D eigenvalue weighted by atomic mass is 16.5. The van der Waals surface area contributed by atoms with Crippen LogP contribution in [-0.4, -0.2) is 53.8 Å². The highest BCUT2D eigenvalue weighted by molar-refractivity contribution is 5.81. The smallest absolute Gasteiger partial charge is 0.306 e. The molecule has 0 unspecified atom stereocenters. The molecule has 0 saturated carbocycles. The average Bonchev–Trinajstić information content (AvgIpc) is 2.59. The SMILES string of the molecule is CC[C@@H](Oc1ccccc1C(C)C)C(=O)N1CCO[C@@H](CC(=O)O)C1. The summed E-state index contributed by atoms with van der Waals surface area (Å²) in [5, 5.41) is 8.92. The predicted octanol–water partition coefficient (Wildman–Crippen LogP) is 2.67. The minimum Gasteiger partial charge on any atom is -0.481 e. The van der Waals surface area contributed by atoms with Crippen molar-refractivity contribution < 1.29 is 24.2 Å². The Morgan fingerprint density at radius 3 is 2.72 bits per heavy atom. The number of carboxylic acids is 1. The Labute approximate surface area is 148 Å². The van der Waals surface area contributed by atoms with Gasteiger partial charge < -0.3 is 19.5 Å². The molecule has 1 aromatic rings. The maximum Gasteiger partial charge on any atom is 0.306 e. The van der Waals surface area contributed by atoms with Crippen molar-refractivity contribution in [2.75, 3.05) is 19.7 Å². The molecular formula is C19H27NO5. The summed E-state index contributed by atoms with van der Waals surface area (Å²) in [4.78, 5) is 25.4. The zero-order valence-corrected chi connectivity index (χ0v) is 15.1. The van der Waals surface area contributed by atoms with Crippen LogP contribution in [-0.2, 0) is 14.3 Å². The Morgan fingerprint density at radius 1 is 1.36 bits per heavy atom. The van der Waals surface area contributed by atoms with E-state index in [0.717, 1.165) is 11.3 Å². The third-order valence-electron chi connectivity index (χ3n) is 4.31. The topological polar surface area (TPSA) is 76.1 Å². The third-order valence-corrected chi connectivity index (χ3v) is 4.31. The number of aliphatic carboxylic acids is 1. The Morgan fingerprint density at radius 2 is 2.08 bits per heavy atom. The van der Waals surface area contributed by atoms with E-state index in [-0.39, 0.29) is 18.9 Å². The molecule has 1 aliphatic rings. The minimum atomic E-state index is -0.923. The first-order valence-electron chi connectivity index (χ1n) is 8.80. The minimum absolute atomic E-state index is 0.0996. The summed E-state index contributed by atoms with van der Waals surface area (Å²) in [6.07, 6.45) is -0.594. The lowest BCUT2D eigenvalue weighted by atomic mass is 10.0. The van der Waals surface area contributed by atoms with Crippen LogP contribution >= 0.6 is 0 Å². The molecule has 0 bridgehead atoms. The van der Waals surface area contributed by atoms with Gasteiger partial charge in [0.25, 0.3) is 5.91 Å². The van der Waals surface area contributed by atoms with Crippen LogP contribution in [0.25, 0.3) is 0 Å². The summed E-state index contributed by atoms with van der Waals surface area (Å²) in [5.74, 6) is -0.00612. The second-order valence-corrected chi connectivity index (χ2v) is 6.58. The van der Waals surface area contributed by atoms with E-state index in [9.17, 15) is 9.59 Å². The van der Waals surface area contributed by atoms with Crippen molar-refractivity contribution >= 4 is 11.9 Å². The second kappa shape index (κ2) is 8.85. The van der Waals surface area contributed by atoms with E-state index < -0.39 is 18.2 Å². The van der Waals surface area contributed by atoms with Gasteiger partial charge in [-0.1, -0.05) is 39.0 Å². The number of carbonyl (C=O) groups excluding carboxylic acids is 1. The maximum atomic E-state index is 12.8. The molecule has 1 N–H and O–H groups in total. The lowest BCUT2D eigenvalue weighted by molar-refractivity contribution is -0.151. The molecule has 1 heterocycles. The molecular weight excluding hydrogens is 322 g/mol. The summed E-state index contributed by atoms with van der Waals surface area (Å²) >= 11 is 0. The van der Waals surface area contributed by atoms with E-state index in [4.69, 9.17) is 14.6 Å². The number of hydrogen-bond acceptors (Lipinski definition) is 4. The van der Waals surface area contributed by atoms with E-state index in [0.29, 0.717) is 25.5 Å². The van der Waals surface area contributed by atoms with Crippen LogP contribution in [0.2, 0.25) is 0 Å². The van der Waals surface area contributed by atoms with Crippen molar-refractivity contribution in [3.8, 4) is 5.75 Å². The van der Waals surface area contributed by atoms with Gasteiger partial charge in [0.2, 0.25) is 0 Å². The van der Waals surface area contributed by atoms with E-state index in [1.54, 1.807) is 4.90 Å². The Hall–Kier alpha value is -2.08. The Balaban J connectivity index is 2.07. The van der Waals surface area contributed by atoms with Gasteiger partial charge in [-0.05, 0) is 24.0 Å². The molecule has 0 aliphatic carbocycles. The standard InChI is InChI=1S/C19H27NO5/c1-4-16(25-17-8-6-5-7-15(17)13(2)3)19(23)20-9-10-24-14(12-20)11-18(21)22/h5-8,13-14,16H,4,9-12H2,1-3H3,(H,21,22)/t14-,16+/m0/s1. The number of carbonyl (C=O) groups is 2. The van der Waals surface area contributed by atoms with Crippen molar-refractivity contribution in [3.63, 3.8) is 0 Å².